The van der Waals surface area contributed by atoms with Gasteiger partial charge in [-0.3, -0.25) is 0 Å². The van der Waals surface area contributed by atoms with Crippen LogP contribution in [0.5, 0.6) is 5.88 Å². The molecule has 0 saturated heterocycles. The fraction of sp³-hybridized carbons (Fsp3) is 0.389. The number of ether oxygens (including phenoxy) is 2. The molecule has 3 aromatic heterocycles. The van der Waals surface area contributed by atoms with Crippen molar-refractivity contribution in [2.75, 3.05) is 13.7 Å². The van der Waals surface area contributed by atoms with Crippen LogP contribution in [0.25, 0.3) is 22.3 Å². The summed E-state index contributed by atoms with van der Waals surface area (Å²) in [6.07, 6.45) is 3.50. The van der Waals surface area contributed by atoms with Crippen molar-refractivity contribution in [3.8, 4) is 17.1 Å². The summed E-state index contributed by atoms with van der Waals surface area (Å²) in [5, 5.41) is 5.72. The molecule has 6 nitrogen and oxygen atoms in total. The lowest BCUT2D eigenvalue weighted by molar-refractivity contribution is 0.0814. The number of hydrogen-bond acceptors (Lipinski definition) is 5. The Labute approximate surface area is 148 Å². The molecule has 3 aromatic rings. The minimum Gasteiger partial charge on any atom is -0.481 e. The van der Waals surface area contributed by atoms with Crippen LogP contribution in [0.2, 0.25) is 25.7 Å². The van der Waals surface area contributed by atoms with Gasteiger partial charge in [0.2, 0.25) is 5.88 Å². The molecular weight excluding hydrogens is 332 g/mol. The van der Waals surface area contributed by atoms with Crippen LogP contribution in [0, 0.1) is 0 Å². The molecule has 0 aromatic carbocycles. The number of pyridine rings is 2. The minimum atomic E-state index is -1.10. The molecule has 0 saturated carbocycles. The van der Waals surface area contributed by atoms with Gasteiger partial charge in [0.1, 0.15) is 12.4 Å². The summed E-state index contributed by atoms with van der Waals surface area (Å²) in [5.74, 6) is 0.565. The molecule has 0 aliphatic carbocycles. The molecular formula is C18H24N4O2Si. The van der Waals surface area contributed by atoms with E-state index < -0.39 is 8.07 Å². The zero-order valence-electron chi connectivity index (χ0n) is 15.2. The lowest BCUT2D eigenvalue weighted by Gasteiger charge is -2.15. The Hall–Kier alpha value is -2.25. The number of hydrogen-bond donors (Lipinski definition) is 0. The lowest BCUT2D eigenvalue weighted by Crippen LogP contribution is -2.22. The predicted molar refractivity (Wildman–Crippen MR) is 101 cm³/mol. The van der Waals surface area contributed by atoms with Crippen molar-refractivity contribution in [2.45, 2.75) is 32.4 Å². The number of fused-ring (bicyclic) bond motifs is 1. The Morgan fingerprint density at radius 1 is 1.12 bits per heavy atom. The summed E-state index contributed by atoms with van der Waals surface area (Å²) < 4.78 is 12.9. The van der Waals surface area contributed by atoms with Crippen LogP contribution in [0.3, 0.4) is 0 Å². The fourth-order valence-corrected chi connectivity index (χ4v) is 3.27. The van der Waals surface area contributed by atoms with E-state index in [2.05, 4.69) is 29.6 Å². The summed E-state index contributed by atoms with van der Waals surface area (Å²) in [7, 11) is 0.510. The van der Waals surface area contributed by atoms with E-state index in [-0.39, 0.29) is 0 Å². The summed E-state index contributed by atoms with van der Waals surface area (Å²) >= 11 is 0. The normalized spacial score (nSPS) is 11.8. The van der Waals surface area contributed by atoms with Crippen molar-refractivity contribution in [3.05, 3.63) is 36.7 Å². The lowest BCUT2D eigenvalue weighted by atomic mass is 10.1. The highest BCUT2D eigenvalue weighted by atomic mass is 28.3. The third-order valence-electron chi connectivity index (χ3n) is 3.93. The summed E-state index contributed by atoms with van der Waals surface area (Å²) in [6, 6.07) is 8.88. The van der Waals surface area contributed by atoms with Crippen LogP contribution in [-0.4, -0.2) is 41.5 Å². The van der Waals surface area contributed by atoms with E-state index in [4.69, 9.17) is 14.6 Å². The Morgan fingerprint density at radius 3 is 2.72 bits per heavy atom. The third-order valence-corrected chi connectivity index (χ3v) is 5.64. The number of rotatable bonds is 7. The van der Waals surface area contributed by atoms with Crippen LogP contribution < -0.4 is 4.74 Å². The van der Waals surface area contributed by atoms with E-state index in [9.17, 15) is 0 Å². The summed E-state index contributed by atoms with van der Waals surface area (Å²) in [6.45, 7) is 8.19. The van der Waals surface area contributed by atoms with Crippen LogP contribution >= 0.6 is 0 Å². The molecule has 0 amide bonds. The molecule has 3 heterocycles. The van der Waals surface area contributed by atoms with E-state index in [1.165, 1.54) is 0 Å². The zero-order valence-corrected chi connectivity index (χ0v) is 16.2. The largest absolute Gasteiger partial charge is 0.481 e. The molecule has 0 radical (unpaired) electrons. The van der Waals surface area contributed by atoms with Crippen molar-refractivity contribution in [1.82, 2.24) is 19.7 Å². The molecule has 0 aliphatic heterocycles. The summed E-state index contributed by atoms with van der Waals surface area (Å²) in [4.78, 5) is 8.64. The Balaban J connectivity index is 1.87. The third kappa shape index (κ3) is 4.24. The molecule has 0 aliphatic rings. The molecule has 132 valence electrons. The molecule has 25 heavy (non-hydrogen) atoms. The van der Waals surface area contributed by atoms with Gasteiger partial charge < -0.3 is 9.47 Å². The maximum Gasteiger partial charge on any atom is 0.213 e. The number of aromatic nitrogens is 4. The topological polar surface area (TPSA) is 62.1 Å². The van der Waals surface area contributed by atoms with Gasteiger partial charge in [0.05, 0.1) is 7.11 Å². The first kappa shape index (κ1) is 17.6. The second-order valence-electron chi connectivity index (χ2n) is 7.16. The molecule has 3 rings (SSSR count). The van der Waals surface area contributed by atoms with Crippen LogP contribution in [0.4, 0.5) is 0 Å². The molecule has 0 fully saturated rings. The molecule has 0 spiro atoms. The van der Waals surface area contributed by atoms with Crippen molar-refractivity contribution < 1.29 is 9.47 Å². The highest BCUT2D eigenvalue weighted by Crippen LogP contribution is 2.28. The van der Waals surface area contributed by atoms with Gasteiger partial charge in [-0.15, -0.1) is 0 Å². The van der Waals surface area contributed by atoms with E-state index in [1.54, 1.807) is 19.5 Å². The second kappa shape index (κ2) is 7.33. The Kier molecular flexibility index (Phi) is 5.15. The maximum absolute atomic E-state index is 5.86. The van der Waals surface area contributed by atoms with Gasteiger partial charge >= 0.3 is 0 Å². The van der Waals surface area contributed by atoms with E-state index in [0.717, 1.165) is 34.9 Å². The van der Waals surface area contributed by atoms with Crippen LogP contribution in [0.1, 0.15) is 0 Å². The minimum absolute atomic E-state index is 0.403. The average molecular weight is 357 g/mol. The van der Waals surface area contributed by atoms with Gasteiger partial charge in [0, 0.05) is 44.1 Å². The number of methoxy groups -OCH3 is 1. The van der Waals surface area contributed by atoms with Gasteiger partial charge in [0.25, 0.3) is 0 Å². The first-order valence-corrected chi connectivity index (χ1v) is 12.1. The van der Waals surface area contributed by atoms with Crippen molar-refractivity contribution in [3.63, 3.8) is 0 Å². The average Bonchev–Trinajstić information content (AvgIpc) is 2.97. The summed E-state index contributed by atoms with van der Waals surface area (Å²) in [5.41, 5.74) is 2.63. The first-order chi connectivity index (χ1) is 12.0. The van der Waals surface area contributed by atoms with Gasteiger partial charge in [-0.05, 0) is 24.2 Å². The quantitative estimate of drug-likeness (QED) is 0.476. The van der Waals surface area contributed by atoms with Crippen molar-refractivity contribution >= 4 is 19.1 Å². The maximum atomic E-state index is 5.86. The number of nitrogens with zero attached hydrogens (tertiary/aromatic N) is 4. The Morgan fingerprint density at radius 2 is 1.96 bits per heavy atom. The molecule has 7 heteroatoms. The molecule has 0 bridgehead atoms. The standard InChI is InChI=1S/C18H24N4O2Si/c1-23-16-12-14(7-9-19-16)17-15-6-5-8-20-18(15)22(21-17)13-24-10-11-25(2,3)4/h5-9,12H,10-11,13H2,1-4H3. The predicted octanol–water partition coefficient (Wildman–Crippen LogP) is 3.81. The highest BCUT2D eigenvalue weighted by Gasteiger charge is 2.15. The second-order valence-corrected chi connectivity index (χ2v) is 12.8. The monoisotopic (exact) mass is 356 g/mol. The SMILES string of the molecule is COc1cc(-c2nn(COCC[Si](C)(C)C)c3ncccc23)ccn1. The van der Waals surface area contributed by atoms with Crippen LogP contribution in [0.15, 0.2) is 36.7 Å². The van der Waals surface area contributed by atoms with Crippen molar-refractivity contribution in [1.29, 1.82) is 0 Å². The molecule has 0 unspecified atom stereocenters. The molecule has 0 atom stereocenters. The smallest absolute Gasteiger partial charge is 0.213 e. The van der Waals surface area contributed by atoms with E-state index in [1.807, 2.05) is 28.9 Å². The van der Waals surface area contributed by atoms with E-state index in [0.29, 0.717) is 12.6 Å². The van der Waals surface area contributed by atoms with Gasteiger partial charge in [-0.1, -0.05) is 19.6 Å². The van der Waals surface area contributed by atoms with Gasteiger partial charge in [0.15, 0.2) is 5.65 Å². The Bertz CT molecular complexity index is 858. The van der Waals surface area contributed by atoms with E-state index >= 15 is 0 Å². The van der Waals surface area contributed by atoms with Gasteiger partial charge in [-0.25, -0.2) is 14.6 Å². The highest BCUT2D eigenvalue weighted by molar-refractivity contribution is 6.76. The fourth-order valence-electron chi connectivity index (χ4n) is 2.51. The van der Waals surface area contributed by atoms with Crippen molar-refractivity contribution in [2.24, 2.45) is 0 Å². The first-order valence-electron chi connectivity index (χ1n) is 8.38. The van der Waals surface area contributed by atoms with Gasteiger partial charge in [-0.2, -0.15) is 5.10 Å². The zero-order chi connectivity index (χ0) is 17.9. The molecule has 0 N–H and O–H groups in total. The van der Waals surface area contributed by atoms with Crippen LogP contribution in [-0.2, 0) is 11.5 Å².